The number of azide groups is 1. The van der Waals surface area contributed by atoms with Gasteiger partial charge < -0.3 is 4.74 Å². The van der Waals surface area contributed by atoms with Gasteiger partial charge in [-0.15, -0.1) is 0 Å². The number of nitro benzene ring substituents is 1. The lowest BCUT2D eigenvalue weighted by Crippen LogP contribution is -2.12. The number of esters is 1. The summed E-state index contributed by atoms with van der Waals surface area (Å²) in [7, 11) is 1.01. The molecule has 0 aliphatic rings. The Morgan fingerprint density at radius 3 is 2.67 bits per heavy atom. The van der Waals surface area contributed by atoms with Crippen molar-refractivity contribution in [1.82, 2.24) is 0 Å². The second-order valence-electron chi connectivity index (χ2n) is 2.94. The zero-order valence-corrected chi connectivity index (χ0v) is 9.06. The molecule has 9 nitrogen and oxygen atoms in total. The number of methoxy groups -OCH3 is 1. The molecule has 0 fully saturated rings. The van der Waals surface area contributed by atoms with Gasteiger partial charge in [0, 0.05) is 16.5 Å². The molecule has 92 valence electrons. The van der Waals surface area contributed by atoms with E-state index < -0.39 is 28.1 Å². The van der Waals surface area contributed by atoms with Crippen LogP contribution in [0.4, 0.5) is 5.69 Å². The summed E-state index contributed by atoms with van der Waals surface area (Å²) in [5.74, 6) is -2.15. The Hall–Kier alpha value is -2.93. The van der Waals surface area contributed by atoms with Gasteiger partial charge in [0.05, 0.1) is 12.0 Å². The highest BCUT2D eigenvalue weighted by molar-refractivity contribution is 6.08. The van der Waals surface area contributed by atoms with Gasteiger partial charge in [0.15, 0.2) is 0 Å². The van der Waals surface area contributed by atoms with Crippen molar-refractivity contribution in [3.63, 3.8) is 0 Å². The van der Waals surface area contributed by atoms with Gasteiger partial charge in [-0.1, -0.05) is 6.07 Å². The summed E-state index contributed by atoms with van der Waals surface area (Å²) in [6.45, 7) is 0. The Bertz CT molecular complexity index is 576. The molecule has 1 rings (SSSR count). The summed E-state index contributed by atoms with van der Waals surface area (Å²) < 4.78 is 4.37. The molecule has 0 radical (unpaired) electrons. The van der Waals surface area contributed by atoms with Crippen LogP contribution in [0, 0.1) is 10.1 Å². The molecule has 0 saturated heterocycles. The summed E-state index contributed by atoms with van der Waals surface area (Å²) in [6, 6.07) is 3.38. The lowest BCUT2D eigenvalue weighted by molar-refractivity contribution is -0.385. The lowest BCUT2D eigenvalue weighted by Gasteiger charge is -2.04. The van der Waals surface area contributed by atoms with Crippen LogP contribution in [-0.2, 0) is 4.74 Å². The Morgan fingerprint density at radius 1 is 1.50 bits per heavy atom. The molecule has 0 heterocycles. The largest absolute Gasteiger partial charge is 0.465 e. The predicted molar refractivity (Wildman–Crippen MR) is 57.9 cm³/mol. The minimum Gasteiger partial charge on any atom is -0.465 e. The molecule has 9 heteroatoms. The number of amides is 1. The zero-order chi connectivity index (χ0) is 13.7. The van der Waals surface area contributed by atoms with Crippen LogP contribution in [0.5, 0.6) is 0 Å². The fraction of sp³-hybridized carbons (Fsp3) is 0.111. The average Bonchev–Trinajstić information content (AvgIpc) is 2.37. The highest BCUT2D eigenvalue weighted by Gasteiger charge is 2.27. The normalized spacial score (nSPS) is 9.17. The van der Waals surface area contributed by atoms with E-state index in [2.05, 4.69) is 14.8 Å². The van der Waals surface area contributed by atoms with E-state index in [-0.39, 0.29) is 5.56 Å². The maximum atomic E-state index is 11.5. The van der Waals surface area contributed by atoms with Crippen LogP contribution < -0.4 is 0 Å². The number of carbonyl (C=O) groups excluding carboxylic acids is 2. The Labute approximate surface area is 99.7 Å². The van der Waals surface area contributed by atoms with Crippen LogP contribution >= 0.6 is 0 Å². The Morgan fingerprint density at radius 2 is 2.17 bits per heavy atom. The number of benzene rings is 1. The van der Waals surface area contributed by atoms with E-state index in [0.717, 1.165) is 19.2 Å². The van der Waals surface area contributed by atoms with Crippen LogP contribution in [0.2, 0.25) is 0 Å². The van der Waals surface area contributed by atoms with Crippen molar-refractivity contribution in [3.8, 4) is 0 Å². The van der Waals surface area contributed by atoms with E-state index in [1.807, 2.05) is 0 Å². The second kappa shape index (κ2) is 5.41. The number of rotatable bonds is 3. The zero-order valence-electron chi connectivity index (χ0n) is 9.06. The van der Waals surface area contributed by atoms with Gasteiger partial charge in [0.25, 0.3) is 5.69 Å². The fourth-order valence-corrected chi connectivity index (χ4v) is 1.28. The first-order chi connectivity index (χ1) is 8.52. The highest BCUT2D eigenvalue weighted by Crippen LogP contribution is 2.23. The van der Waals surface area contributed by atoms with Crippen molar-refractivity contribution in [2.24, 2.45) is 5.11 Å². The topological polar surface area (TPSA) is 135 Å². The lowest BCUT2D eigenvalue weighted by atomic mass is 10.1. The summed E-state index contributed by atoms with van der Waals surface area (Å²) in [6.07, 6.45) is 0. The van der Waals surface area contributed by atoms with Gasteiger partial charge >= 0.3 is 5.97 Å². The van der Waals surface area contributed by atoms with Crippen LogP contribution in [0.25, 0.3) is 10.4 Å². The summed E-state index contributed by atoms with van der Waals surface area (Å²) in [5.41, 5.74) is 6.63. The van der Waals surface area contributed by atoms with E-state index in [1.165, 1.54) is 6.07 Å². The number of ether oxygens (including phenoxy) is 1. The molecule has 0 atom stereocenters. The third-order valence-corrected chi connectivity index (χ3v) is 1.99. The molecular formula is C9H6N4O5. The number of nitro groups is 1. The minimum absolute atomic E-state index is 0.381. The first-order valence-electron chi connectivity index (χ1n) is 4.48. The number of carbonyl (C=O) groups is 2. The molecular weight excluding hydrogens is 244 g/mol. The van der Waals surface area contributed by atoms with Crippen molar-refractivity contribution in [3.05, 3.63) is 49.9 Å². The molecule has 0 saturated carbocycles. The average molecular weight is 250 g/mol. The molecule has 1 aromatic carbocycles. The van der Waals surface area contributed by atoms with E-state index in [9.17, 15) is 19.7 Å². The van der Waals surface area contributed by atoms with Gasteiger partial charge in [-0.3, -0.25) is 14.9 Å². The van der Waals surface area contributed by atoms with Crippen molar-refractivity contribution >= 4 is 17.6 Å². The van der Waals surface area contributed by atoms with Gasteiger partial charge in [0.1, 0.15) is 5.56 Å². The third kappa shape index (κ3) is 2.42. The maximum Gasteiger partial charge on any atom is 0.345 e. The monoisotopic (exact) mass is 250 g/mol. The predicted octanol–water partition coefficient (Wildman–Crippen LogP) is 1.83. The molecule has 1 aromatic rings. The number of nitrogens with zero attached hydrogens (tertiary/aromatic N) is 4. The van der Waals surface area contributed by atoms with Crippen molar-refractivity contribution in [1.29, 1.82) is 0 Å². The summed E-state index contributed by atoms with van der Waals surface area (Å²) in [5, 5.41) is 13.5. The minimum atomic E-state index is -1.10. The molecule has 0 N–H and O–H groups in total. The van der Waals surface area contributed by atoms with Crippen molar-refractivity contribution < 1.29 is 19.2 Å². The molecule has 0 spiro atoms. The molecule has 0 bridgehead atoms. The van der Waals surface area contributed by atoms with Gasteiger partial charge in [-0.05, 0) is 16.7 Å². The highest BCUT2D eigenvalue weighted by atomic mass is 16.6. The molecule has 0 aliphatic carbocycles. The number of hydrogen-bond donors (Lipinski definition) is 0. The smallest absolute Gasteiger partial charge is 0.345 e. The first kappa shape index (κ1) is 13.1. The van der Waals surface area contributed by atoms with E-state index in [0.29, 0.717) is 0 Å². The quantitative estimate of drug-likeness (QED) is 0.201. The van der Waals surface area contributed by atoms with Crippen molar-refractivity contribution in [2.75, 3.05) is 7.11 Å². The van der Waals surface area contributed by atoms with Crippen LogP contribution in [0.1, 0.15) is 20.7 Å². The number of hydrogen-bond acceptors (Lipinski definition) is 5. The maximum absolute atomic E-state index is 11.5. The van der Waals surface area contributed by atoms with E-state index in [4.69, 9.17) is 5.53 Å². The first-order valence-corrected chi connectivity index (χ1v) is 4.48. The molecule has 0 unspecified atom stereocenters. The molecule has 0 aromatic heterocycles. The van der Waals surface area contributed by atoms with Crippen LogP contribution in [-0.4, -0.2) is 23.9 Å². The fourth-order valence-electron chi connectivity index (χ4n) is 1.28. The summed E-state index contributed by atoms with van der Waals surface area (Å²) >= 11 is 0. The van der Waals surface area contributed by atoms with Crippen molar-refractivity contribution in [2.45, 2.75) is 0 Å². The van der Waals surface area contributed by atoms with Crippen LogP contribution in [0.15, 0.2) is 23.3 Å². The van der Waals surface area contributed by atoms with Crippen LogP contribution in [0.3, 0.4) is 0 Å². The van der Waals surface area contributed by atoms with E-state index in [1.54, 1.807) is 0 Å². The molecule has 18 heavy (non-hydrogen) atoms. The second-order valence-corrected chi connectivity index (χ2v) is 2.94. The molecule has 0 aliphatic heterocycles. The standard InChI is InChI=1S/C9H6N4O5/c1-18-9(15)7-5(8(14)11-12-10)3-2-4-6(7)13(16)17/h2-4H,1H3. The Balaban J connectivity index is 3.56. The summed E-state index contributed by atoms with van der Waals surface area (Å²) in [4.78, 5) is 35.1. The third-order valence-electron chi connectivity index (χ3n) is 1.99. The van der Waals surface area contributed by atoms with Gasteiger partial charge in [-0.25, -0.2) is 4.79 Å². The Kier molecular flexibility index (Phi) is 3.95. The SMILES string of the molecule is COC(=O)c1c(C(=O)N=[N+]=[N-])cccc1[N+](=O)[O-]. The van der Waals surface area contributed by atoms with Gasteiger partial charge in [-0.2, -0.15) is 0 Å². The van der Waals surface area contributed by atoms with Gasteiger partial charge in [0.2, 0.25) is 5.91 Å². The van der Waals surface area contributed by atoms with E-state index >= 15 is 0 Å². The molecule has 1 amide bonds.